The summed E-state index contributed by atoms with van der Waals surface area (Å²) in [6, 6.07) is 6.73. The molecule has 0 atom stereocenters. The zero-order valence-corrected chi connectivity index (χ0v) is 12.1. The summed E-state index contributed by atoms with van der Waals surface area (Å²) in [5, 5.41) is 15.4. The second-order valence-corrected chi connectivity index (χ2v) is 6.13. The van der Waals surface area contributed by atoms with Gasteiger partial charge in [0, 0.05) is 25.4 Å². The number of rotatable bonds is 5. The molecule has 0 radical (unpaired) electrons. The first kappa shape index (κ1) is 15.0. The molecule has 2 aromatic rings. The van der Waals surface area contributed by atoms with Crippen LogP contribution < -0.4 is 10.5 Å². The summed E-state index contributed by atoms with van der Waals surface area (Å²) in [5.41, 5.74) is 6.69. The summed E-state index contributed by atoms with van der Waals surface area (Å²) in [5.74, 6) is -0.0352. The Balaban J connectivity index is 2.13. The Morgan fingerprint density at radius 1 is 1.52 bits per heavy atom. The van der Waals surface area contributed by atoms with Crippen molar-refractivity contribution >= 4 is 15.9 Å². The third kappa shape index (κ3) is 3.58. The van der Waals surface area contributed by atoms with Gasteiger partial charge in [-0.2, -0.15) is 5.10 Å². The Bertz CT molecular complexity index is 767. The minimum absolute atomic E-state index is 0.0352. The highest BCUT2D eigenvalue weighted by molar-refractivity contribution is 7.89. The predicted molar refractivity (Wildman–Crippen MR) is 76.2 cm³/mol. The molecule has 4 N–H and O–H groups in total. The quantitative estimate of drug-likeness (QED) is 0.310. The first-order valence-corrected chi connectivity index (χ1v) is 7.46. The molecule has 0 saturated heterocycles. The molecule has 0 aliphatic heterocycles. The lowest BCUT2D eigenvalue weighted by atomic mass is 10.1. The van der Waals surface area contributed by atoms with E-state index in [9.17, 15) is 8.42 Å². The molecule has 0 aliphatic rings. The van der Waals surface area contributed by atoms with Crippen LogP contribution in [-0.4, -0.2) is 29.2 Å². The molecular formula is C12H15N5O3S. The Morgan fingerprint density at radius 2 is 2.29 bits per heavy atom. The molecule has 9 heteroatoms. The summed E-state index contributed by atoms with van der Waals surface area (Å²) >= 11 is 0. The number of oxime groups is 1. The van der Waals surface area contributed by atoms with Crippen LogP contribution in [0.4, 0.5) is 0 Å². The monoisotopic (exact) mass is 309 g/mol. The minimum Gasteiger partial charge on any atom is -0.409 e. The fourth-order valence-electron chi connectivity index (χ4n) is 1.70. The maximum Gasteiger partial charge on any atom is 0.243 e. The van der Waals surface area contributed by atoms with Crippen molar-refractivity contribution in [3.8, 4) is 0 Å². The van der Waals surface area contributed by atoms with Gasteiger partial charge in [0.15, 0.2) is 5.84 Å². The fourth-order valence-corrected chi connectivity index (χ4v) is 2.70. The summed E-state index contributed by atoms with van der Waals surface area (Å²) < 4.78 is 28.0. The number of sulfonamides is 1. The maximum atomic E-state index is 12.0. The highest BCUT2D eigenvalue weighted by Crippen LogP contribution is 2.09. The average Bonchev–Trinajstić information content (AvgIpc) is 2.92. The number of nitrogens with one attached hydrogen (secondary N) is 1. The third-order valence-electron chi connectivity index (χ3n) is 2.79. The molecular weight excluding hydrogens is 294 g/mol. The van der Waals surface area contributed by atoms with Crippen molar-refractivity contribution in [3.05, 3.63) is 47.8 Å². The number of nitrogens with two attached hydrogens (primary N) is 1. The van der Waals surface area contributed by atoms with E-state index in [1.165, 1.54) is 17.1 Å². The first-order chi connectivity index (χ1) is 9.92. The van der Waals surface area contributed by atoms with Crippen molar-refractivity contribution in [2.75, 3.05) is 0 Å². The molecule has 2 rings (SSSR count). The highest BCUT2D eigenvalue weighted by Gasteiger charge is 2.15. The van der Waals surface area contributed by atoms with Crippen LogP contribution in [0.3, 0.4) is 0 Å². The molecule has 0 unspecified atom stereocenters. The van der Waals surface area contributed by atoms with Crippen molar-refractivity contribution in [3.63, 3.8) is 0 Å². The fraction of sp³-hybridized carbons (Fsp3) is 0.167. The van der Waals surface area contributed by atoms with Gasteiger partial charge >= 0.3 is 0 Å². The van der Waals surface area contributed by atoms with Crippen LogP contribution in [-0.2, 0) is 23.6 Å². The number of aryl methyl sites for hydroxylation is 1. The SMILES string of the molecule is Cn1cc(S(=O)(=O)NCc2cccc(C(N)=NO)c2)cn1. The zero-order valence-electron chi connectivity index (χ0n) is 11.3. The van der Waals surface area contributed by atoms with E-state index in [1.807, 2.05) is 0 Å². The van der Waals surface area contributed by atoms with Crippen LogP contribution in [0.5, 0.6) is 0 Å². The number of amidine groups is 1. The lowest BCUT2D eigenvalue weighted by Gasteiger charge is -2.06. The van der Waals surface area contributed by atoms with E-state index in [0.29, 0.717) is 11.1 Å². The van der Waals surface area contributed by atoms with E-state index >= 15 is 0 Å². The smallest absolute Gasteiger partial charge is 0.243 e. The summed E-state index contributed by atoms with van der Waals surface area (Å²) in [6.45, 7) is 0.0871. The largest absolute Gasteiger partial charge is 0.409 e. The lowest BCUT2D eigenvalue weighted by Crippen LogP contribution is -2.23. The number of aromatic nitrogens is 2. The second-order valence-electron chi connectivity index (χ2n) is 4.36. The van der Waals surface area contributed by atoms with Gasteiger partial charge in [-0.25, -0.2) is 13.1 Å². The Hall–Kier alpha value is -2.39. The molecule has 21 heavy (non-hydrogen) atoms. The number of nitrogens with zero attached hydrogens (tertiary/aromatic N) is 3. The minimum atomic E-state index is -3.62. The van der Waals surface area contributed by atoms with Gasteiger partial charge in [-0.1, -0.05) is 23.4 Å². The molecule has 112 valence electrons. The lowest BCUT2D eigenvalue weighted by molar-refractivity contribution is 0.318. The molecule has 1 aromatic heterocycles. The van der Waals surface area contributed by atoms with Gasteiger partial charge in [-0.05, 0) is 11.6 Å². The van der Waals surface area contributed by atoms with E-state index in [-0.39, 0.29) is 17.3 Å². The van der Waals surface area contributed by atoms with Crippen LogP contribution in [0.1, 0.15) is 11.1 Å². The predicted octanol–water partition coefficient (Wildman–Crippen LogP) is -0.00690. The molecule has 8 nitrogen and oxygen atoms in total. The van der Waals surface area contributed by atoms with Gasteiger partial charge in [0.05, 0.1) is 6.20 Å². The van der Waals surface area contributed by atoms with Crippen LogP contribution in [0.2, 0.25) is 0 Å². The molecule has 0 aliphatic carbocycles. The van der Waals surface area contributed by atoms with E-state index in [1.54, 1.807) is 31.3 Å². The first-order valence-electron chi connectivity index (χ1n) is 5.97. The van der Waals surface area contributed by atoms with E-state index in [4.69, 9.17) is 10.9 Å². The summed E-state index contributed by atoms with van der Waals surface area (Å²) in [7, 11) is -1.98. The highest BCUT2D eigenvalue weighted by atomic mass is 32.2. The molecule has 0 amide bonds. The van der Waals surface area contributed by atoms with E-state index in [0.717, 1.165) is 0 Å². The van der Waals surface area contributed by atoms with Crippen LogP contribution in [0, 0.1) is 0 Å². The average molecular weight is 309 g/mol. The van der Waals surface area contributed by atoms with Gasteiger partial charge in [-0.3, -0.25) is 4.68 Å². The standard InChI is InChI=1S/C12H15N5O3S/c1-17-8-11(7-14-17)21(19,20)15-6-9-3-2-4-10(5-9)12(13)16-18/h2-5,7-8,15,18H,6H2,1H3,(H2,13,16). The van der Waals surface area contributed by atoms with Crippen molar-refractivity contribution in [2.24, 2.45) is 17.9 Å². The van der Waals surface area contributed by atoms with Gasteiger partial charge < -0.3 is 10.9 Å². The van der Waals surface area contributed by atoms with Crippen molar-refractivity contribution < 1.29 is 13.6 Å². The van der Waals surface area contributed by atoms with Gasteiger partial charge in [0.1, 0.15) is 4.90 Å². The molecule has 1 heterocycles. The topological polar surface area (TPSA) is 123 Å². The molecule has 0 fully saturated rings. The zero-order chi connectivity index (χ0) is 15.5. The summed E-state index contributed by atoms with van der Waals surface area (Å²) in [6.07, 6.45) is 2.68. The maximum absolute atomic E-state index is 12.0. The summed E-state index contributed by atoms with van der Waals surface area (Å²) in [4.78, 5) is 0.0950. The molecule has 0 saturated carbocycles. The van der Waals surface area contributed by atoms with Gasteiger partial charge in [-0.15, -0.1) is 0 Å². The van der Waals surface area contributed by atoms with Crippen LogP contribution in [0.15, 0.2) is 46.7 Å². The number of hydrogen-bond acceptors (Lipinski definition) is 5. The number of hydrogen-bond donors (Lipinski definition) is 3. The van der Waals surface area contributed by atoms with E-state index < -0.39 is 10.0 Å². The van der Waals surface area contributed by atoms with Crippen molar-refractivity contribution in [2.45, 2.75) is 11.4 Å². The van der Waals surface area contributed by atoms with Crippen molar-refractivity contribution in [1.82, 2.24) is 14.5 Å². The molecule has 0 spiro atoms. The van der Waals surface area contributed by atoms with Gasteiger partial charge in [0.25, 0.3) is 0 Å². The van der Waals surface area contributed by atoms with Crippen molar-refractivity contribution in [1.29, 1.82) is 0 Å². The molecule has 0 bridgehead atoms. The Labute approximate surface area is 121 Å². The van der Waals surface area contributed by atoms with Gasteiger partial charge in [0.2, 0.25) is 10.0 Å². The third-order valence-corrected chi connectivity index (χ3v) is 4.14. The second kappa shape index (κ2) is 5.94. The number of benzene rings is 1. The van der Waals surface area contributed by atoms with Crippen LogP contribution >= 0.6 is 0 Å². The molecule has 1 aromatic carbocycles. The normalized spacial score (nSPS) is 12.5. The Morgan fingerprint density at radius 3 is 2.90 bits per heavy atom. The van der Waals surface area contributed by atoms with Crippen LogP contribution in [0.25, 0.3) is 0 Å². The van der Waals surface area contributed by atoms with E-state index in [2.05, 4.69) is 15.0 Å². The Kier molecular flexibility index (Phi) is 4.24.